The van der Waals surface area contributed by atoms with Crippen molar-refractivity contribution in [2.75, 3.05) is 14.2 Å². The highest BCUT2D eigenvalue weighted by Gasteiger charge is 2.14. The molecule has 1 aromatic heterocycles. The van der Waals surface area contributed by atoms with E-state index in [9.17, 15) is 0 Å². The lowest BCUT2D eigenvalue weighted by Gasteiger charge is -2.08. The van der Waals surface area contributed by atoms with Gasteiger partial charge < -0.3 is 14.0 Å². The van der Waals surface area contributed by atoms with Crippen LogP contribution >= 0.6 is 0 Å². The summed E-state index contributed by atoms with van der Waals surface area (Å²) in [5.74, 6) is 1.63. The molecule has 0 aliphatic carbocycles. The fourth-order valence-corrected chi connectivity index (χ4v) is 2.57. The first-order valence-electron chi connectivity index (χ1n) is 6.51. The number of rotatable bonds is 3. The predicted octanol–water partition coefficient (Wildman–Crippen LogP) is 3.86. The van der Waals surface area contributed by atoms with Crippen LogP contribution in [0, 0.1) is 0 Å². The molecule has 0 spiro atoms. The van der Waals surface area contributed by atoms with E-state index < -0.39 is 0 Å². The maximum absolute atomic E-state index is 5.55. The fraction of sp³-hybridized carbons (Fsp3) is 0.176. The highest BCUT2D eigenvalue weighted by molar-refractivity contribution is 6.01. The van der Waals surface area contributed by atoms with Crippen LogP contribution in [0.5, 0.6) is 11.5 Å². The Kier molecular flexibility index (Phi) is 3.11. The van der Waals surface area contributed by atoms with Gasteiger partial charge in [0.1, 0.15) is 11.5 Å². The number of aryl methyl sites for hydroxylation is 1. The first-order valence-corrected chi connectivity index (χ1v) is 6.51. The molecular formula is C17H17NO2. The molecule has 1 heterocycles. The Morgan fingerprint density at radius 1 is 0.950 bits per heavy atom. The van der Waals surface area contributed by atoms with Gasteiger partial charge in [-0.3, -0.25) is 0 Å². The van der Waals surface area contributed by atoms with Crippen molar-refractivity contribution >= 4 is 10.9 Å². The average Bonchev–Trinajstić information content (AvgIpc) is 2.84. The third-order valence-corrected chi connectivity index (χ3v) is 3.57. The zero-order chi connectivity index (χ0) is 14.1. The predicted molar refractivity (Wildman–Crippen MR) is 81.5 cm³/mol. The minimum absolute atomic E-state index is 0.801. The Hall–Kier alpha value is -2.42. The molecule has 0 saturated heterocycles. The van der Waals surface area contributed by atoms with Crippen molar-refractivity contribution in [1.29, 1.82) is 0 Å². The molecule has 3 rings (SSSR count). The smallest absolute Gasteiger partial charge is 0.132 e. The molecule has 0 saturated carbocycles. The summed E-state index contributed by atoms with van der Waals surface area (Å²) in [7, 11) is 5.39. The van der Waals surface area contributed by atoms with Crippen LogP contribution in [0.4, 0.5) is 0 Å². The quantitative estimate of drug-likeness (QED) is 0.719. The van der Waals surface area contributed by atoms with Crippen molar-refractivity contribution in [3.8, 4) is 22.6 Å². The minimum atomic E-state index is 0.801. The number of ether oxygens (including phenoxy) is 2. The summed E-state index contributed by atoms with van der Waals surface area (Å²) >= 11 is 0. The summed E-state index contributed by atoms with van der Waals surface area (Å²) in [5, 5.41) is 1.11. The first-order chi connectivity index (χ1) is 9.74. The van der Waals surface area contributed by atoms with E-state index in [1.54, 1.807) is 14.2 Å². The zero-order valence-corrected chi connectivity index (χ0v) is 11.9. The summed E-state index contributed by atoms with van der Waals surface area (Å²) in [5.41, 5.74) is 3.45. The van der Waals surface area contributed by atoms with Crippen molar-refractivity contribution in [2.24, 2.45) is 7.05 Å². The van der Waals surface area contributed by atoms with E-state index in [0.29, 0.717) is 0 Å². The van der Waals surface area contributed by atoms with Crippen LogP contribution in [0.2, 0.25) is 0 Å². The normalized spacial score (nSPS) is 10.8. The number of nitrogens with zero attached hydrogens (tertiary/aromatic N) is 1. The van der Waals surface area contributed by atoms with Gasteiger partial charge in [-0.1, -0.05) is 30.3 Å². The van der Waals surface area contributed by atoms with E-state index in [0.717, 1.165) is 22.4 Å². The van der Waals surface area contributed by atoms with Crippen molar-refractivity contribution in [2.45, 2.75) is 0 Å². The van der Waals surface area contributed by atoms with Crippen LogP contribution < -0.4 is 9.47 Å². The molecule has 0 unspecified atom stereocenters. The van der Waals surface area contributed by atoms with E-state index in [-0.39, 0.29) is 0 Å². The number of aromatic nitrogens is 1. The highest BCUT2D eigenvalue weighted by Crippen LogP contribution is 2.39. The van der Waals surface area contributed by atoms with Gasteiger partial charge in [-0.25, -0.2) is 0 Å². The molecule has 3 nitrogen and oxygen atoms in total. The number of methoxy groups -OCH3 is 2. The summed E-state index contributed by atoms with van der Waals surface area (Å²) in [6.45, 7) is 0. The molecule has 0 aliphatic heterocycles. The molecule has 0 amide bonds. The highest BCUT2D eigenvalue weighted by atomic mass is 16.5. The van der Waals surface area contributed by atoms with Gasteiger partial charge in [0.25, 0.3) is 0 Å². The SMILES string of the molecule is COc1cc(OC)c2c(-c3ccccc3)cn(C)c2c1. The fourth-order valence-electron chi connectivity index (χ4n) is 2.57. The second-order valence-electron chi connectivity index (χ2n) is 4.74. The number of fused-ring (bicyclic) bond motifs is 1. The monoisotopic (exact) mass is 267 g/mol. The van der Waals surface area contributed by atoms with E-state index in [4.69, 9.17) is 9.47 Å². The number of benzene rings is 2. The zero-order valence-electron chi connectivity index (χ0n) is 11.9. The van der Waals surface area contributed by atoms with Crippen LogP contribution in [0.25, 0.3) is 22.0 Å². The number of hydrogen-bond acceptors (Lipinski definition) is 2. The van der Waals surface area contributed by atoms with Gasteiger partial charge in [0.05, 0.1) is 19.7 Å². The van der Waals surface area contributed by atoms with Gasteiger partial charge in [-0.2, -0.15) is 0 Å². The molecule has 3 aromatic rings. The van der Waals surface area contributed by atoms with Gasteiger partial charge >= 0.3 is 0 Å². The molecular weight excluding hydrogens is 250 g/mol. The number of hydrogen-bond donors (Lipinski definition) is 0. The second-order valence-corrected chi connectivity index (χ2v) is 4.74. The Morgan fingerprint density at radius 2 is 1.70 bits per heavy atom. The third kappa shape index (κ3) is 1.92. The van der Waals surface area contributed by atoms with Crippen LogP contribution in [0.15, 0.2) is 48.7 Å². The Morgan fingerprint density at radius 3 is 2.35 bits per heavy atom. The van der Waals surface area contributed by atoms with Gasteiger partial charge in [0, 0.05) is 36.3 Å². The molecule has 3 heteroatoms. The van der Waals surface area contributed by atoms with Crippen molar-refractivity contribution in [1.82, 2.24) is 4.57 Å². The van der Waals surface area contributed by atoms with E-state index in [2.05, 4.69) is 22.9 Å². The standard InChI is InChI=1S/C17H17NO2/c1-18-11-14(12-7-5-4-6-8-12)17-15(18)9-13(19-2)10-16(17)20-3/h4-11H,1-3H3. The van der Waals surface area contributed by atoms with Gasteiger partial charge in [-0.15, -0.1) is 0 Å². The van der Waals surface area contributed by atoms with Gasteiger partial charge in [0.15, 0.2) is 0 Å². The summed E-state index contributed by atoms with van der Waals surface area (Å²) in [6, 6.07) is 14.3. The maximum Gasteiger partial charge on any atom is 0.132 e. The van der Waals surface area contributed by atoms with Crippen molar-refractivity contribution in [3.63, 3.8) is 0 Å². The molecule has 0 aliphatic rings. The summed E-state index contributed by atoms with van der Waals surface area (Å²) in [6.07, 6.45) is 2.13. The largest absolute Gasteiger partial charge is 0.497 e. The molecule has 102 valence electrons. The van der Waals surface area contributed by atoms with Gasteiger partial charge in [-0.05, 0) is 5.56 Å². The first kappa shape index (κ1) is 12.6. The average molecular weight is 267 g/mol. The summed E-state index contributed by atoms with van der Waals surface area (Å²) < 4.78 is 13.0. The second kappa shape index (κ2) is 4.93. The van der Waals surface area contributed by atoms with Crippen LogP contribution in [0.1, 0.15) is 0 Å². The minimum Gasteiger partial charge on any atom is -0.497 e. The van der Waals surface area contributed by atoms with E-state index in [1.807, 2.05) is 37.4 Å². The molecule has 20 heavy (non-hydrogen) atoms. The Balaban J connectivity index is 2.35. The topological polar surface area (TPSA) is 23.4 Å². The molecule has 2 aromatic carbocycles. The lowest BCUT2D eigenvalue weighted by Crippen LogP contribution is -1.90. The van der Waals surface area contributed by atoms with Gasteiger partial charge in [0.2, 0.25) is 0 Å². The van der Waals surface area contributed by atoms with E-state index >= 15 is 0 Å². The van der Waals surface area contributed by atoms with Crippen molar-refractivity contribution < 1.29 is 9.47 Å². The van der Waals surface area contributed by atoms with Crippen molar-refractivity contribution in [3.05, 3.63) is 48.7 Å². The Labute approximate surface area is 118 Å². The summed E-state index contributed by atoms with van der Waals surface area (Å²) in [4.78, 5) is 0. The van der Waals surface area contributed by atoms with Crippen LogP contribution in [-0.2, 0) is 7.05 Å². The molecule has 0 atom stereocenters. The molecule has 0 radical (unpaired) electrons. The molecule has 0 N–H and O–H groups in total. The van der Waals surface area contributed by atoms with Crippen LogP contribution in [0.3, 0.4) is 0 Å². The van der Waals surface area contributed by atoms with E-state index in [1.165, 1.54) is 11.1 Å². The Bertz CT molecular complexity index is 745. The third-order valence-electron chi connectivity index (χ3n) is 3.57. The van der Waals surface area contributed by atoms with Crippen LogP contribution in [-0.4, -0.2) is 18.8 Å². The lowest BCUT2D eigenvalue weighted by molar-refractivity contribution is 0.398. The molecule has 0 fully saturated rings. The lowest BCUT2D eigenvalue weighted by atomic mass is 10.0. The molecule has 0 bridgehead atoms. The maximum atomic E-state index is 5.55.